The fraction of sp³-hybridized carbons (Fsp3) is 0.261. The Bertz CT molecular complexity index is 1140. The summed E-state index contributed by atoms with van der Waals surface area (Å²) in [6.45, 7) is 1.33. The van der Waals surface area contributed by atoms with Crippen LogP contribution in [0.4, 0.5) is 0 Å². The summed E-state index contributed by atoms with van der Waals surface area (Å²) in [7, 11) is 0. The number of ether oxygens (including phenoxy) is 2. The van der Waals surface area contributed by atoms with Crippen LogP contribution in [0.5, 0.6) is 11.5 Å². The van der Waals surface area contributed by atoms with Crippen LogP contribution in [0.25, 0.3) is 17.5 Å². The number of rotatable bonds is 6. The van der Waals surface area contributed by atoms with E-state index >= 15 is 0 Å². The second kappa shape index (κ2) is 8.43. The second-order valence-electron chi connectivity index (χ2n) is 7.41. The van der Waals surface area contributed by atoms with Gasteiger partial charge in [-0.1, -0.05) is 29.8 Å². The van der Waals surface area contributed by atoms with E-state index in [-0.39, 0.29) is 18.5 Å². The van der Waals surface area contributed by atoms with Crippen molar-refractivity contribution in [3.05, 3.63) is 65.0 Å². The number of fused-ring (bicyclic) bond motifs is 1. The molecule has 8 heteroatoms. The molecule has 1 fully saturated rings. The number of amides is 1. The van der Waals surface area contributed by atoms with Crippen LogP contribution in [-0.4, -0.2) is 40.3 Å². The minimum Gasteiger partial charge on any atom is -0.486 e. The predicted molar refractivity (Wildman–Crippen MR) is 115 cm³/mol. The Morgan fingerprint density at radius 1 is 1.10 bits per heavy atom. The van der Waals surface area contributed by atoms with Crippen LogP contribution in [-0.2, 0) is 11.3 Å². The Balaban J connectivity index is 1.30. The SMILES string of the molecule is O=C(/C=C/c1ccc2c(c1)OCCO2)N(Cc1nnc(-c2ccccc2Cl)o1)C1CC1. The maximum absolute atomic E-state index is 12.9. The minimum absolute atomic E-state index is 0.102. The quantitative estimate of drug-likeness (QED) is 0.533. The van der Waals surface area contributed by atoms with Gasteiger partial charge in [-0.25, -0.2) is 0 Å². The van der Waals surface area contributed by atoms with Gasteiger partial charge in [-0.3, -0.25) is 4.79 Å². The highest BCUT2D eigenvalue weighted by molar-refractivity contribution is 6.33. The largest absolute Gasteiger partial charge is 0.486 e. The van der Waals surface area contributed by atoms with E-state index in [9.17, 15) is 4.79 Å². The van der Waals surface area contributed by atoms with Crippen molar-refractivity contribution in [3.63, 3.8) is 0 Å². The number of nitrogens with zero attached hydrogens (tertiary/aromatic N) is 3. The fourth-order valence-corrected chi connectivity index (χ4v) is 3.62. The molecular formula is C23H20ClN3O4. The molecule has 158 valence electrons. The number of hydrogen-bond donors (Lipinski definition) is 0. The van der Waals surface area contributed by atoms with Gasteiger partial charge < -0.3 is 18.8 Å². The topological polar surface area (TPSA) is 77.7 Å². The van der Waals surface area contributed by atoms with Gasteiger partial charge >= 0.3 is 0 Å². The van der Waals surface area contributed by atoms with Crippen molar-refractivity contribution < 1.29 is 18.7 Å². The van der Waals surface area contributed by atoms with E-state index in [0.29, 0.717) is 41.3 Å². The zero-order chi connectivity index (χ0) is 21.2. The fourth-order valence-electron chi connectivity index (χ4n) is 3.41. The molecule has 3 aromatic rings. The lowest BCUT2D eigenvalue weighted by Gasteiger charge is -2.19. The van der Waals surface area contributed by atoms with Gasteiger partial charge in [0, 0.05) is 12.1 Å². The summed E-state index contributed by atoms with van der Waals surface area (Å²) < 4.78 is 16.9. The molecule has 1 saturated carbocycles. The zero-order valence-corrected chi connectivity index (χ0v) is 17.4. The highest BCUT2D eigenvalue weighted by Crippen LogP contribution is 2.32. The minimum atomic E-state index is -0.102. The Morgan fingerprint density at radius 3 is 2.71 bits per heavy atom. The average molecular weight is 438 g/mol. The van der Waals surface area contributed by atoms with Gasteiger partial charge in [-0.15, -0.1) is 10.2 Å². The van der Waals surface area contributed by atoms with E-state index in [1.165, 1.54) is 0 Å². The summed E-state index contributed by atoms with van der Waals surface area (Å²) in [4.78, 5) is 14.7. The third-order valence-corrected chi connectivity index (χ3v) is 5.46. The first-order valence-corrected chi connectivity index (χ1v) is 10.5. The molecule has 0 radical (unpaired) electrons. The third kappa shape index (κ3) is 4.41. The molecule has 0 bridgehead atoms. The van der Waals surface area contributed by atoms with Gasteiger partial charge in [-0.2, -0.15) is 0 Å². The maximum atomic E-state index is 12.9. The Morgan fingerprint density at radius 2 is 1.90 bits per heavy atom. The molecule has 7 nitrogen and oxygen atoms in total. The van der Waals surface area contributed by atoms with E-state index in [0.717, 1.165) is 24.2 Å². The van der Waals surface area contributed by atoms with Crippen LogP contribution in [0.3, 0.4) is 0 Å². The van der Waals surface area contributed by atoms with Crippen molar-refractivity contribution in [3.8, 4) is 23.0 Å². The summed E-state index contributed by atoms with van der Waals surface area (Å²) in [6, 6.07) is 13.1. The van der Waals surface area contributed by atoms with Crippen LogP contribution in [0.2, 0.25) is 5.02 Å². The van der Waals surface area contributed by atoms with E-state index < -0.39 is 0 Å². The number of halogens is 1. The summed E-state index contributed by atoms with van der Waals surface area (Å²) >= 11 is 6.21. The van der Waals surface area contributed by atoms with E-state index in [2.05, 4.69) is 10.2 Å². The molecule has 0 unspecified atom stereocenters. The van der Waals surface area contributed by atoms with Crippen molar-refractivity contribution in [2.75, 3.05) is 13.2 Å². The lowest BCUT2D eigenvalue weighted by molar-refractivity contribution is -0.127. The van der Waals surface area contributed by atoms with E-state index in [1.54, 1.807) is 23.1 Å². The Hall–Kier alpha value is -3.32. The van der Waals surface area contributed by atoms with Crippen LogP contribution < -0.4 is 9.47 Å². The summed E-state index contributed by atoms with van der Waals surface area (Å²) in [6.07, 6.45) is 5.28. The van der Waals surface area contributed by atoms with Crippen LogP contribution in [0, 0.1) is 0 Å². The first-order chi connectivity index (χ1) is 15.2. The molecule has 1 aliphatic heterocycles. The summed E-state index contributed by atoms with van der Waals surface area (Å²) in [5, 5.41) is 8.74. The molecule has 0 N–H and O–H groups in total. The Kier molecular flexibility index (Phi) is 5.34. The van der Waals surface area contributed by atoms with Gasteiger partial charge in [0.1, 0.15) is 13.2 Å². The number of benzene rings is 2. The van der Waals surface area contributed by atoms with Crippen LogP contribution >= 0.6 is 11.6 Å². The maximum Gasteiger partial charge on any atom is 0.249 e. The molecule has 0 saturated heterocycles. The highest BCUT2D eigenvalue weighted by atomic mass is 35.5. The van der Waals surface area contributed by atoms with Gasteiger partial charge in [0.25, 0.3) is 0 Å². The standard InChI is InChI=1S/C23H20ClN3O4/c24-18-4-2-1-3-17(18)23-26-25-21(31-23)14-27(16-7-8-16)22(28)10-6-15-5-9-19-20(13-15)30-12-11-29-19/h1-6,9-10,13,16H,7-8,11-12,14H2/b10-6+. The number of aromatic nitrogens is 2. The third-order valence-electron chi connectivity index (χ3n) is 5.13. The predicted octanol–water partition coefficient (Wildman–Crippen LogP) is 4.37. The smallest absolute Gasteiger partial charge is 0.249 e. The molecular weight excluding hydrogens is 418 g/mol. The number of carbonyl (C=O) groups is 1. The van der Waals surface area contributed by atoms with Crippen molar-refractivity contribution in [2.45, 2.75) is 25.4 Å². The van der Waals surface area contributed by atoms with Crippen molar-refractivity contribution >= 4 is 23.6 Å². The number of hydrogen-bond acceptors (Lipinski definition) is 6. The molecule has 1 aliphatic carbocycles. The zero-order valence-electron chi connectivity index (χ0n) is 16.7. The second-order valence-corrected chi connectivity index (χ2v) is 7.82. The first-order valence-electron chi connectivity index (χ1n) is 10.1. The molecule has 0 spiro atoms. The highest BCUT2D eigenvalue weighted by Gasteiger charge is 2.33. The molecule has 2 aromatic carbocycles. The van der Waals surface area contributed by atoms with Gasteiger partial charge in [0.2, 0.25) is 17.7 Å². The van der Waals surface area contributed by atoms with E-state index in [4.69, 9.17) is 25.5 Å². The van der Waals surface area contributed by atoms with Crippen molar-refractivity contribution in [1.29, 1.82) is 0 Å². The van der Waals surface area contributed by atoms with Gasteiger partial charge in [0.15, 0.2) is 11.5 Å². The molecule has 1 amide bonds. The van der Waals surface area contributed by atoms with E-state index in [1.807, 2.05) is 36.4 Å². The lowest BCUT2D eigenvalue weighted by Crippen LogP contribution is -2.31. The van der Waals surface area contributed by atoms with Crippen molar-refractivity contribution in [1.82, 2.24) is 15.1 Å². The summed E-state index contributed by atoms with van der Waals surface area (Å²) in [5.74, 6) is 2.03. The monoisotopic (exact) mass is 437 g/mol. The van der Waals surface area contributed by atoms with Gasteiger partial charge in [-0.05, 0) is 48.7 Å². The average Bonchev–Trinajstić information content (AvgIpc) is 3.53. The molecule has 31 heavy (non-hydrogen) atoms. The molecule has 0 atom stereocenters. The van der Waals surface area contributed by atoms with Crippen molar-refractivity contribution in [2.24, 2.45) is 0 Å². The molecule has 5 rings (SSSR count). The van der Waals surface area contributed by atoms with Gasteiger partial charge in [0.05, 0.1) is 17.1 Å². The lowest BCUT2D eigenvalue weighted by atomic mass is 10.1. The first kappa shape index (κ1) is 19.6. The molecule has 1 aromatic heterocycles. The normalized spacial score (nSPS) is 15.3. The Labute approximate surface area is 184 Å². The molecule has 2 aliphatic rings. The van der Waals surface area contributed by atoms with Crippen LogP contribution in [0.1, 0.15) is 24.3 Å². The number of carbonyl (C=O) groups excluding carboxylic acids is 1. The van der Waals surface area contributed by atoms with Crippen LogP contribution in [0.15, 0.2) is 53.0 Å². The molecule has 2 heterocycles. The summed E-state index contributed by atoms with van der Waals surface area (Å²) in [5.41, 5.74) is 1.54.